The lowest BCUT2D eigenvalue weighted by molar-refractivity contribution is -0.143. The molecule has 0 spiro atoms. The summed E-state index contributed by atoms with van der Waals surface area (Å²) in [5.41, 5.74) is 6.64. The zero-order chi connectivity index (χ0) is 30.7. The summed E-state index contributed by atoms with van der Waals surface area (Å²) < 4.78 is 44.3. The van der Waals surface area contributed by atoms with Crippen LogP contribution >= 0.6 is 0 Å². The molecule has 5 aromatic rings. The smallest absolute Gasteiger partial charge is 0.385 e. The predicted octanol–water partition coefficient (Wildman–Crippen LogP) is 5.57. The van der Waals surface area contributed by atoms with E-state index in [1.165, 1.54) is 4.31 Å². The van der Waals surface area contributed by atoms with Crippen LogP contribution in [0.5, 0.6) is 11.5 Å². The largest absolute Gasteiger partial charge is 0.489 e. The topological polar surface area (TPSA) is 124 Å². The highest BCUT2D eigenvalue weighted by atomic mass is 32.2. The fourth-order valence-corrected chi connectivity index (χ4v) is 6.61. The van der Waals surface area contributed by atoms with Crippen LogP contribution in [0.2, 0.25) is 0 Å². The highest BCUT2D eigenvalue weighted by molar-refractivity contribution is 7.84. The summed E-state index contributed by atoms with van der Waals surface area (Å²) >= 11 is 0. The van der Waals surface area contributed by atoms with Gasteiger partial charge in [0.15, 0.2) is 0 Å². The molecule has 1 atom stereocenters. The fourth-order valence-electron chi connectivity index (χ4n) is 5.51. The molecule has 0 bridgehead atoms. The van der Waals surface area contributed by atoms with Gasteiger partial charge in [0, 0.05) is 24.6 Å². The van der Waals surface area contributed by atoms with E-state index in [-0.39, 0.29) is 43.8 Å². The fraction of sp³-hybridized carbons (Fsp3) is 0.242. The van der Waals surface area contributed by atoms with Gasteiger partial charge in [-0.05, 0) is 65.9 Å². The Balaban J connectivity index is 1.25. The number of H-pyrrole nitrogens is 1. The Morgan fingerprint density at radius 1 is 1.00 bits per heavy atom. The van der Waals surface area contributed by atoms with Gasteiger partial charge in [-0.3, -0.25) is 4.79 Å². The van der Waals surface area contributed by atoms with Crippen LogP contribution in [0, 0.1) is 6.92 Å². The third kappa shape index (κ3) is 6.29. The molecule has 1 aromatic heterocycles. The minimum absolute atomic E-state index is 0.0815. The Hall–Kier alpha value is -4.74. The Bertz CT molecular complexity index is 1910. The first-order valence-electron chi connectivity index (χ1n) is 14.3. The Morgan fingerprint density at radius 3 is 2.64 bits per heavy atom. The van der Waals surface area contributed by atoms with Crippen LogP contribution in [0.15, 0.2) is 84.9 Å². The number of benzene rings is 4. The maximum absolute atomic E-state index is 13.1. The molecule has 6 rings (SSSR count). The van der Waals surface area contributed by atoms with Gasteiger partial charge in [0.05, 0.1) is 13.0 Å². The number of aryl methyl sites for hydroxylation is 1. The molecule has 10 nitrogen and oxygen atoms in total. The minimum atomic E-state index is -4.04. The average Bonchev–Trinajstić information content (AvgIpc) is 3.50. The number of hydrogen-bond acceptors (Lipinski definition) is 8. The molecule has 4 aromatic carbocycles. The van der Waals surface area contributed by atoms with Crippen molar-refractivity contribution in [2.75, 3.05) is 6.61 Å². The number of nitrogens with one attached hydrogen (secondary N) is 1. The number of hydrogen-bond donors (Lipinski definition) is 1. The zero-order valence-electron chi connectivity index (χ0n) is 24.4. The van der Waals surface area contributed by atoms with Gasteiger partial charge >= 0.3 is 16.3 Å². The van der Waals surface area contributed by atoms with E-state index in [4.69, 9.17) is 13.7 Å². The molecule has 0 radical (unpaired) electrons. The van der Waals surface area contributed by atoms with Gasteiger partial charge in [-0.15, -0.1) is 0 Å². The van der Waals surface area contributed by atoms with Gasteiger partial charge in [-0.1, -0.05) is 60.7 Å². The molecule has 1 N–H and O–H groups in total. The highest BCUT2D eigenvalue weighted by Gasteiger charge is 2.32. The van der Waals surface area contributed by atoms with Crippen LogP contribution in [0.3, 0.4) is 0 Å². The summed E-state index contributed by atoms with van der Waals surface area (Å²) in [6, 6.07) is 26.4. The zero-order valence-corrected chi connectivity index (χ0v) is 25.2. The van der Waals surface area contributed by atoms with E-state index in [1.54, 1.807) is 19.1 Å². The standard InChI is InChI=1S/C33H32N4O6S/c1-3-41-32(38)18-29(28-13-14-30-33(22(28)2)35-36-34-30)25-11-7-10-24(16-25)19-37-20-26-17-27(12-15-31(26)43-44(37,39)40)42-21-23-8-5-4-6-9-23/h4-17,29H,3,18-21H2,1-2H3,(H,34,35,36). The van der Waals surface area contributed by atoms with Gasteiger partial charge in [0.25, 0.3) is 0 Å². The Morgan fingerprint density at radius 2 is 1.82 bits per heavy atom. The molecule has 0 saturated carbocycles. The lowest BCUT2D eigenvalue weighted by Gasteiger charge is -2.28. The van der Waals surface area contributed by atoms with Gasteiger partial charge in [0.2, 0.25) is 0 Å². The maximum atomic E-state index is 13.1. The number of carbonyl (C=O) groups excluding carboxylic acids is 1. The Labute approximate surface area is 255 Å². The summed E-state index contributed by atoms with van der Waals surface area (Å²) in [5.74, 6) is 0.250. The first-order chi connectivity index (χ1) is 21.3. The molecular weight excluding hydrogens is 580 g/mol. The van der Waals surface area contributed by atoms with Crippen LogP contribution in [-0.4, -0.2) is 40.7 Å². The number of rotatable bonds is 10. The van der Waals surface area contributed by atoms with E-state index in [2.05, 4.69) is 15.4 Å². The van der Waals surface area contributed by atoms with Crippen molar-refractivity contribution in [3.63, 3.8) is 0 Å². The molecule has 1 unspecified atom stereocenters. The van der Waals surface area contributed by atoms with Gasteiger partial charge < -0.3 is 13.7 Å². The van der Waals surface area contributed by atoms with E-state index in [9.17, 15) is 13.2 Å². The van der Waals surface area contributed by atoms with Crippen molar-refractivity contribution < 1.29 is 26.9 Å². The summed E-state index contributed by atoms with van der Waals surface area (Å²) in [7, 11) is -4.04. The van der Waals surface area contributed by atoms with E-state index < -0.39 is 10.3 Å². The van der Waals surface area contributed by atoms with E-state index in [1.807, 2.05) is 79.7 Å². The van der Waals surface area contributed by atoms with Crippen LogP contribution in [-0.2, 0) is 39.5 Å². The van der Waals surface area contributed by atoms with Crippen LogP contribution in [0.1, 0.15) is 52.6 Å². The summed E-state index contributed by atoms with van der Waals surface area (Å²) in [6.45, 7) is 4.61. The number of aromatic amines is 1. The molecule has 0 amide bonds. The first-order valence-corrected chi connectivity index (χ1v) is 15.7. The van der Waals surface area contributed by atoms with Crippen LogP contribution in [0.4, 0.5) is 0 Å². The van der Waals surface area contributed by atoms with Crippen molar-refractivity contribution in [3.8, 4) is 11.5 Å². The number of nitrogens with zero attached hydrogens (tertiary/aromatic N) is 3. The average molecular weight is 613 g/mol. The van der Waals surface area contributed by atoms with E-state index >= 15 is 0 Å². The van der Waals surface area contributed by atoms with E-state index in [0.29, 0.717) is 17.9 Å². The third-order valence-corrected chi connectivity index (χ3v) is 8.97. The molecule has 226 valence electrons. The highest BCUT2D eigenvalue weighted by Crippen LogP contribution is 2.36. The molecule has 0 saturated heterocycles. The third-order valence-electron chi connectivity index (χ3n) is 7.69. The molecule has 1 aliphatic heterocycles. The number of fused-ring (bicyclic) bond motifs is 2. The lowest BCUT2D eigenvalue weighted by Crippen LogP contribution is -2.37. The van der Waals surface area contributed by atoms with Crippen LogP contribution in [0.25, 0.3) is 11.0 Å². The number of esters is 1. The predicted molar refractivity (Wildman–Crippen MR) is 164 cm³/mol. The van der Waals surface area contributed by atoms with Crippen molar-refractivity contribution in [2.45, 2.75) is 45.9 Å². The molecule has 1 aliphatic rings. The SMILES string of the molecule is CCOC(=O)CC(c1cccc(CN2Cc3cc(OCc4ccccc4)ccc3OS2(=O)=O)c1)c1ccc2n[nH]nc2c1C. The molecular formula is C33H32N4O6S. The first kappa shape index (κ1) is 29.3. The number of aromatic nitrogens is 3. The lowest BCUT2D eigenvalue weighted by atomic mass is 9.85. The number of carbonyl (C=O) groups is 1. The number of ether oxygens (including phenoxy) is 2. The van der Waals surface area contributed by atoms with Gasteiger partial charge in [-0.2, -0.15) is 28.1 Å². The molecule has 44 heavy (non-hydrogen) atoms. The molecule has 0 fully saturated rings. The molecule has 0 aliphatic carbocycles. The van der Waals surface area contributed by atoms with Crippen molar-refractivity contribution in [1.82, 2.24) is 19.7 Å². The van der Waals surface area contributed by atoms with Crippen molar-refractivity contribution in [2.24, 2.45) is 0 Å². The second-order valence-electron chi connectivity index (χ2n) is 10.6. The monoisotopic (exact) mass is 612 g/mol. The summed E-state index contributed by atoms with van der Waals surface area (Å²) in [4.78, 5) is 12.7. The maximum Gasteiger partial charge on any atom is 0.385 e. The molecule has 11 heteroatoms. The molecule has 2 heterocycles. The van der Waals surface area contributed by atoms with E-state index in [0.717, 1.165) is 38.9 Å². The Kier molecular flexibility index (Phi) is 8.32. The van der Waals surface area contributed by atoms with Gasteiger partial charge in [0.1, 0.15) is 29.1 Å². The minimum Gasteiger partial charge on any atom is -0.489 e. The van der Waals surface area contributed by atoms with Crippen molar-refractivity contribution in [1.29, 1.82) is 0 Å². The van der Waals surface area contributed by atoms with Gasteiger partial charge in [-0.25, -0.2) is 0 Å². The second kappa shape index (κ2) is 12.5. The normalized spacial score (nSPS) is 14.9. The van der Waals surface area contributed by atoms with Crippen molar-refractivity contribution >= 4 is 27.3 Å². The second-order valence-corrected chi connectivity index (χ2v) is 12.2. The summed E-state index contributed by atoms with van der Waals surface area (Å²) in [6.07, 6.45) is 0.117. The van der Waals surface area contributed by atoms with Crippen molar-refractivity contribution in [3.05, 3.63) is 118 Å². The quantitative estimate of drug-likeness (QED) is 0.203. The van der Waals surface area contributed by atoms with Crippen LogP contribution < -0.4 is 8.92 Å². The summed E-state index contributed by atoms with van der Waals surface area (Å²) in [5, 5.41) is 11.1.